The zero-order valence-corrected chi connectivity index (χ0v) is 16.4. The number of allylic oxidation sites excluding steroid dienone is 2. The maximum absolute atomic E-state index is 12.1. The second-order valence-corrected chi connectivity index (χ2v) is 6.73. The fraction of sp³-hybridized carbons (Fsp3) is 0.375. The smallest absolute Gasteiger partial charge is 0.358 e. The molecular formula is C16H23N3NiO6S-2. The van der Waals surface area contributed by atoms with E-state index in [1.165, 1.54) is 12.2 Å². The minimum Gasteiger partial charge on any atom is -0.358 e. The van der Waals surface area contributed by atoms with Crippen molar-refractivity contribution in [3.8, 4) is 0 Å². The van der Waals surface area contributed by atoms with Crippen LogP contribution in [0, 0.1) is 14.0 Å². The minimum atomic E-state index is -1.24. The van der Waals surface area contributed by atoms with Crippen molar-refractivity contribution in [2.45, 2.75) is 24.9 Å². The predicted octanol–water partition coefficient (Wildman–Crippen LogP) is -0.730. The van der Waals surface area contributed by atoms with Crippen LogP contribution in [0.15, 0.2) is 18.2 Å². The number of hydrogen-bond acceptors (Lipinski definition) is 6. The molecule has 9 nitrogen and oxygen atoms in total. The number of rotatable bonds is 13. The standard InChI is InChI=1S/C15H20N3O6S.CH3.Ni/c1-2-3-4-7-25-9-11(14(22)17-8-13(20)21)18-12(19)6-5-10(16)15(23)24;;/h1-4,10-11H,5-6,8-9,16H2,(H,17,22)(H,18,19)(H,20,21)(H,23,24);1H3;/q2*-1;/b4-3-;;/t10-,11-;;/m0../s1. The third-order valence-corrected chi connectivity index (χ3v) is 4.26. The van der Waals surface area contributed by atoms with Crippen LogP contribution in [0.25, 0.3) is 0 Å². The number of nitrogens with two attached hydrogens (primary N) is 1. The number of carbonyl (C=O) groups is 4. The molecule has 0 aromatic rings. The maximum Gasteiger partial charge on any atom is -0.358 e. The SMILES string of the molecule is [CH-]=C/C=C\[C](=[Ni])SC[C@H](NC(=O)CC[C@H](N)C(=O)O)C(=O)NCC(=O)O.[CH3-]. The van der Waals surface area contributed by atoms with Crippen LogP contribution < -0.4 is 16.4 Å². The van der Waals surface area contributed by atoms with Gasteiger partial charge in [0, 0.05) is 0 Å². The third kappa shape index (κ3) is 13.8. The summed E-state index contributed by atoms with van der Waals surface area (Å²) in [7, 11) is 0. The summed E-state index contributed by atoms with van der Waals surface area (Å²) in [5.74, 6) is -3.69. The van der Waals surface area contributed by atoms with Crippen molar-refractivity contribution in [3.63, 3.8) is 0 Å². The maximum atomic E-state index is 12.1. The minimum absolute atomic E-state index is 0. The molecule has 0 heterocycles. The molecule has 11 heteroatoms. The number of aliphatic carboxylic acids is 2. The Morgan fingerprint density at radius 2 is 1.89 bits per heavy atom. The van der Waals surface area contributed by atoms with E-state index in [1.54, 1.807) is 6.08 Å². The van der Waals surface area contributed by atoms with E-state index in [0.29, 0.717) is 3.82 Å². The first kappa shape index (κ1) is 27.3. The molecule has 0 bridgehead atoms. The van der Waals surface area contributed by atoms with Gasteiger partial charge in [0.15, 0.2) is 0 Å². The van der Waals surface area contributed by atoms with Crippen LogP contribution in [0.5, 0.6) is 0 Å². The second kappa shape index (κ2) is 15.1. The van der Waals surface area contributed by atoms with Crippen LogP contribution >= 0.6 is 11.8 Å². The number of carboxylic acids is 2. The van der Waals surface area contributed by atoms with Gasteiger partial charge in [-0.1, -0.05) is 0 Å². The van der Waals surface area contributed by atoms with Gasteiger partial charge in [0.05, 0.1) is 0 Å². The molecular weight excluding hydrogens is 421 g/mol. The summed E-state index contributed by atoms with van der Waals surface area (Å²) >= 11 is 5.82. The monoisotopic (exact) mass is 443 g/mol. The van der Waals surface area contributed by atoms with E-state index in [4.69, 9.17) is 37.6 Å². The van der Waals surface area contributed by atoms with Crippen LogP contribution in [0.2, 0.25) is 0 Å². The van der Waals surface area contributed by atoms with Crippen LogP contribution in [-0.4, -0.2) is 62.2 Å². The molecule has 0 saturated heterocycles. The van der Waals surface area contributed by atoms with Gasteiger partial charge < -0.3 is 7.43 Å². The largest absolute Gasteiger partial charge is 0.358 e. The Kier molecular flexibility index (Phi) is 15.3. The number of thioether (sulfide) groups is 1. The van der Waals surface area contributed by atoms with Crippen LogP contribution in [-0.2, 0) is 34.2 Å². The Morgan fingerprint density at radius 1 is 1.26 bits per heavy atom. The van der Waals surface area contributed by atoms with Crippen molar-refractivity contribution in [3.05, 3.63) is 32.2 Å². The molecule has 0 unspecified atom stereocenters. The molecule has 2 atom stereocenters. The molecule has 0 fully saturated rings. The van der Waals surface area contributed by atoms with Crippen molar-refractivity contribution < 1.29 is 44.4 Å². The summed E-state index contributed by atoms with van der Waals surface area (Å²) in [5.41, 5.74) is 5.32. The predicted molar refractivity (Wildman–Crippen MR) is 99.3 cm³/mol. The van der Waals surface area contributed by atoms with Crippen molar-refractivity contribution >= 4 is 39.3 Å². The van der Waals surface area contributed by atoms with Crippen molar-refractivity contribution in [1.29, 1.82) is 0 Å². The van der Waals surface area contributed by atoms with Crippen LogP contribution in [0.3, 0.4) is 0 Å². The van der Waals surface area contributed by atoms with Gasteiger partial charge in [-0.15, -0.1) is 0 Å². The van der Waals surface area contributed by atoms with E-state index in [1.807, 2.05) is 0 Å². The quantitative estimate of drug-likeness (QED) is 0.141. The fourth-order valence-electron chi connectivity index (χ4n) is 1.48. The second-order valence-electron chi connectivity index (χ2n) is 4.85. The molecule has 0 aliphatic carbocycles. The average Bonchev–Trinajstić information content (AvgIpc) is 2.58. The van der Waals surface area contributed by atoms with Gasteiger partial charge in [0.1, 0.15) is 0 Å². The average molecular weight is 444 g/mol. The Balaban J connectivity index is 0. The Labute approximate surface area is 169 Å². The third-order valence-electron chi connectivity index (χ3n) is 2.77. The van der Waals surface area contributed by atoms with Gasteiger partial charge in [0.25, 0.3) is 0 Å². The van der Waals surface area contributed by atoms with Gasteiger partial charge >= 0.3 is 162 Å². The van der Waals surface area contributed by atoms with Gasteiger partial charge in [-0.3, -0.25) is 0 Å². The molecule has 0 aliphatic heterocycles. The molecule has 0 aromatic carbocycles. The molecule has 0 radical (unpaired) electrons. The normalized spacial score (nSPS) is 12.4. The van der Waals surface area contributed by atoms with E-state index < -0.39 is 42.4 Å². The van der Waals surface area contributed by atoms with E-state index >= 15 is 0 Å². The summed E-state index contributed by atoms with van der Waals surface area (Å²) in [4.78, 5) is 45.2. The molecule has 0 saturated carbocycles. The number of nitrogens with one attached hydrogen (secondary N) is 2. The first-order valence-electron chi connectivity index (χ1n) is 7.28. The first-order valence-corrected chi connectivity index (χ1v) is 8.76. The molecule has 27 heavy (non-hydrogen) atoms. The molecule has 6 N–H and O–H groups in total. The fourth-order valence-corrected chi connectivity index (χ4v) is 2.54. The summed E-state index contributed by atoms with van der Waals surface area (Å²) < 4.78 is 0.449. The van der Waals surface area contributed by atoms with E-state index in [-0.39, 0.29) is 26.0 Å². The van der Waals surface area contributed by atoms with E-state index in [9.17, 15) is 19.2 Å². The number of carboxylic acid groups (broad SMARTS) is 2. The molecule has 0 aliphatic rings. The Hall–Kier alpha value is -1.97. The molecule has 2 amide bonds. The van der Waals surface area contributed by atoms with Crippen molar-refractivity contribution in [1.82, 2.24) is 10.6 Å². The van der Waals surface area contributed by atoms with Gasteiger partial charge in [-0.25, -0.2) is 0 Å². The first-order chi connectivity index (χ1) is 12.2. The number of hydrogen-bond donors (Lipinski definition) is 5. The topological polar surface area (TPSA) is 159 Å². The van der Waals surface area contributed by atoms with Gasteiger partial charge in [-0.05, 0) is 0 Å². The van der Waals surface area contributed by atoms with Crippen molar-refractivity contribution in [2.24, 2.45) is 5.73 Å². The van der Waals surface area contributed by atoms with Crippen molar-refractivity contribution in [2.75, 3.05) is 12.3 Å². The summed E-state index contributed by atoms with van der Waals surface area (Å²) in [5, 5.41) is 21.9. The summed E-state index contributed by atoms with van der Waals surface area (Å²) in [6.45, 7) is 4.59. The Morgan fingerprint density at radius 3 is 2.41 bits per heavy atom. The molecule has 156 valence electrons. The molecule has 0 rings (SSSR count). The summed E-state index contributed by atoms with van der Waals surface area (Å²) in [6.07, 6.45) is 4.04. The van der Waals surface area contributed by atoms with Gasteiger partial charge in [0.2, 0.25) is 0 Å². The van der Waals surface area contributed by atoms with E-state index in [2.05, 4.69) is 10.6 Å². The van der Waals surface area contributed by atoms with Crippen LogP contribution in [0.4, 0.5) is 0 Å². The van der Waals surface area contributed by atoms with E-state index in [0.717, 1.165) is 11.8 Å². The van der Waals surface area contributed by atoms with Gasteiger partial charge in [-0.2, -0.15) is 0 Å². The molecule has 0 aromatic heterocycles. The van der Waals surface area contributed by atoms with Crippen LogP contribution in [0.1, 0.15) is 12.8 Å². The Bertz CT molecular complexity index is 597. The summed E-state index contributed by atoms with van der Waals surface area (Å²) in [6, 6.07) is -2.24. The molecule has 0 spiro atoms. The number of carbonyl (C=O) groups excluding carboxylic acids is 2. The zero-order valence-electron chi connectivity index (χ0n) is 14.6. The zero-order chi connectivity index (χ0) is 20.1. The number of amides is 2.